The lowest BCUT2D eigenvalue weighted by Crippen LogP contribution is -2.31. The summed E-state index contributed by atoms with van der Waals surface area (Å²) in [4.78, 5) is 2.41. The molecule has 0 aliphatic rings. The van der Waals surface area contributed by atoms with Crippen molar-refractivity contribution >= 4 is 0 Å². The first-order valence-corrected chi connectivity index (χ1v) is 5.35. The van der Waals surface area contributed by atoms with E-state index in [9.17, 15) is 0 Å². The van der Waals surface area contributed by atoms with Crippen LogP contribution in [0.25, 0.3) is 0 Å². The summed E-state index contributed by atoms with van der Waals surface area (Å²) in [6.07, 6.45) is 1.25. The van der Waals surface area contributed by atoms with E-state index in [2.05, 4.69) is 45.0 Å². The molecule has 2 nitrogen and oxygen atoms in total. The van der Waals surface area contributed by atoms with Gasteiger partial charge in [0.2, 0.25) is 0 Å². The fraction of sp³-hybridized carbons (Fsp3) is 1.00. The summed E-state index contributed by atoms with van der Waals surface area (Å²) in [5, 5.41) is 3.34. The molecule has 0 heterocycles. The number of nitrogens with zero attached hydrogens (tertiary/aromatic N) is 1. The highest BCUT2D eigenvalue weighted by Crippen LogP contribution is 2.13. The summed E-state index contributed by atoms with van der Waals surface area (Å²) in [5.74, 6) is 0. The first-order chi connectivity index (χ1) is 5.95. The third kappa shape index (κ3) is 9.84. The summed E-state index contributed by atoms with van der Waals surface area (Å²) < 4.78 is 0. The van der Waals surface area contributed by atoms with Crippen LogP contribution in [0.4, 0.5) is 0 Å². The second kappa shape index (κ2) is 6.39. The Balaban J connectivity index is 3.35. The van der Waals surface area contributed by atoms with Gasteiger partial charge in [0.15, 0.2) is 0 Å². The van der Waals surface area contributed by atoms with Crippen molar-refractivity contribution in [3.05, 3.63) is 0 Å². The minimum atomic E-state index is 0.424. The average molecular weight is 186 g/mol. The molecule has 80 valence electrons. The predicted molar refractivity (Wildman–Crippen MR) is 60.1 cm³/mol. The van der Waals surface area contributed by atoms with Crippen LogP contribution >= 0.6 is 0 Å². The van der Waals surface area contributed by atoms with E-state index >= 15 is 0 Å². The molecule has 0 aliphatic heterocycles. The van der Waals surface area contributed by atoms with Crippen LogP contribution in [0.5, 0.6) is 0 Å². The Morgan fingerprint density at radius 3 is 2.31 bits per heavy atom. The van der Waals surface area contributed by atoms with Gasteiger partial charge in [0, 0.05) is 6.54 Å². The molecule has 0 radical (unpaired) electrons. The quantitative estimate of drug-likeness (QED) is 0.638. The molecule has 0 aromatic rings. The van der Waals surface area contributed by atoms with Gasteiger partial charge in [-0.15, -0.1) is 0 Å². The Kier molecular flexibility index (Phi) is 6.35. The molecule has 0 aliphatic carbocycles. The van der Waals surface area contributed by atoms with Gasteiger partial charge < -0.3 is 10.2 Å². The Labute approximate surface area is 83.7 Å². The lowest BCUT2D eigenvalue weighted by Gasteiger charge is -2.26. The molecule has 0 saturated carbocycles. The molecule has 1 N–H and O–H groups in total. The zero-order valence-corrected chi connectivity index (χ0v) is 9.98. The molecular weight excluding hydrogens is 160 g/mol. The van der Waals surface area contributed by atoms with Crippen LogP contribution in [0.1, 0.15) is 34.1 Å². The highest BCUT2D eigenvalue weighted by Gasteiger charge is 2.12. The van der Waals surface area contributed by atoms with Crippen LogP contribution in [0.15, 0.2) is 0 Å². The van der Waals surface area contributed by atoms with Crippen molar-refractivity contribution in [1.29, 1.82) is 0 Å². The van der Waals surface area contributed by atoms with E-state index in [0.29, 0.717) is 5.41 Å². The molecule has 0 unspecified atom stereocenters. The SMILES string of the molecule is CCNCCCN(C)CC(C)(C)C. The standard InChI is InChI=1S/C11H26N2/c1-6-12-8-7-9-13(5)10-11(2,3)4/h12H,6-10H2,1-5H3. The van der Waals surface area contributed by atoms with Gasteiger partial charge in [-0.05, 0) is 38.5 Å². The Bertz CT molecular complexity index is 116. The maximum atomic E-state index is 3.34. The van der Waals surface area contributed by atoms with Crippen molar-refractivity contribution in [2.45, 2.75) is 34.1 Å². The first kappa shape index (κ1) is 12.9. The van der Waals surface area contributed by atoms with Crippen LogP contribution in [-0.4, -0.2) is 38.1 Å². The highest BCUT2D eigenvalue weighted by molar-refractivity contribution is 4.66. The molecule has 0 atom stereocenters. The minimum Gasteiger partial charge on any atom is -0.317 e. The molecule has 0 aromatic heterocycles. The average Bonchev–Trinajstić information content (AvgIpc) is 1.94. The van der Waals surface area contributed by atoms with E-state index in [1.165, 1.54) is 19.5 Å². The molecule has 2 heteroatoms. The van der Waals surface area contributed by atoms with Crippen molar-refractivity contribution < 1.29 is 0 Å². The molecule has 0 rings (SSSR count). The van der Waals surface area contributed by atoms with Crippen LogP contribution in [0.3, 0.4) is 0 Å². The van der Waals surface area contributed by atoms with Gasteiger partial charge >= 0.3 is 0 Å². The lowest BCUT2D eigenvalue weighted by atomic mass is 9.96. The van der Waals surface area contributed by atoms with Crippen LogP contribution < -0.4 is 5.32 Å². The number of hydrogen-bond acceptors (Lipinski definition) is 2. The monoisotopic (exact) mass is 186 g/mol. The summed E-state index contributed by atoms with van der Waals surface area (Å²) >= 11 is 0. The van der Waals surface area contributed by atoms with Gasteiger partial charge in [0.25, 0.3) is 0 Å². The van der Waals surface area contributed by atoms with Crippen molar-refractivity contribution in [2.24, 2.45) is 5.41 Å². The molecule has 13 heavy (non-hydrogen) atoms. The minimum absolute atomic E-state index is 0.424. The fourth-order valence-electron chi connectivity index (χ4n) is 1.54. The van der Waals surface area contributed by atoms with Gasteiger partial charge in [0.05, 0.1) is 0 Å². The third-order valence-corrected chi connectivity index (χ3v) is 1.89. The van der Waals surface area contributed by atoms with Crippen LogP contribution in [0, 0.1) is 5.41 Å². The van der Waals surface area contributed by atoms with E-state index in [-0.39, 0.29) is 0 Å². The van der Waals surface area contributed by atoms with E-state index in [1.807, 2.05) is 0 Å². The van der Waals surface area contributed by atoms with E-state index in [4.69, 9.17) is 0 Å². The normalized spacial score (nSPS) is 12.5. The lowest BCUT2D eigenvalue weighted by molar-refractivity contribution is 0.225. The maximum absolute atomic E-state index is 3.34. The number of rotatable bonds is 6. The molecule has 0 aromatic carbocycles. The maximum Gasteiger partial charge on any atom is 0.00270 e. The Morgan fingerprint density at radius 2 is 1.85 bits per heavy atom. The van der Waals surface area contributed by atoms with E-state index in [1.54, 1.807) is 0 Å². The van der Waals surface area contributed by atoms with Crippen LogP contribution in [-0.2, 0) is 0 Å². The molecular formula is C11H26N2. The number of nitrogens with one attached hydrogen (secondary N) is 1. The summed E-state index contributed by atoms with van der Waals surface area (Å²) in [5.41, 5.74) is 0.424. The van der Waals surface area contributed by atoms with Crippen molar-refractivity contribution in [3.8, 4) is 0 Å². The second-order valence-corrected chi connectivity index (χ2v) is 5.01. The van der Waals surface area contributed by atoms with Crippen molar-refractivity contribution in [1.82, 2.24) is 10.2 Å². The smallest absolute Gasteiger partial charge is 0.00270 e. The largest absolute Gasteiger partial charge is 0.317 e. The molecule has 0 saturated heterocycles. The van der Waals surface area contributed by atoms with Crippen molar-refractivity contribution in [3.63, 3.8) is 0 Å². The number of hydrogen-bond donors (Lipinski definition) is 1. The molecule has 0 spiro atoms. The fourth-order valence-corrected chi connectivity index (χ4v) is 1.54. The first-order valence-electron chi connectivity index (χ1n) is 5.35. The highest BCUT2D eigenvalue weighted by atomic mass is 15.1. The zero-order chi connectivity index (χ0) is 10.3. The Morgan fingerprint density at radius 1 is 1.23 bits per heavy atom. The van der Waals surface area contributed by atoms with E-state index < -0.39 is 0 Å². The van der Waals surface area contributed by atoms with E-state index in [0.717, 1.165) is 13.1 Å². The topological polar surface area (TPSA) is 15.3 Å². The summed E-state index contributed by atoms with van der Waals surface area (Å²) in [6, 6.07) is 0. The second-order valence-electron chi connectivity index (χ2n) is 5.01. The predicted octanol–water partition coefficient (Wildman–Crippen LogP) is 1.96. The van der Waals surface area contributed by atoms with Gasteiger partial charge in [0.1, 0.15) is 0 Å². The molecule has 0 bridgehead atoms. The summed E-state index contributed by atoms with van der Waals surface area (Å²) in [7, 11) is 2.21. The third-order valence-electron chi connectivity index (χ3n) is 1.89. The Hall–Kier alpha value is -0.0800. The van der Waals surface area contributed by atoms with Gasteiger partial charge in [-0.3, -0.25) is 0 Å². The van der Waals surface area contributed by atoms with Crippen molar-refractivity contribution in [2.75, 3.05) is 33.2 Å². The van der Waals surface area contributed by atoms with Crippen LogP contribution in [0.2, 0.25) is 0 Å². The van der Waals surface area contributed by atoms with Gasteiger partial charge in [-0.2, -0.15) is 0 Å². The van der Waals surface area contributed by atoms with Gasteiger partial charge in [-0.1, -0.05) is 27.7 Å². The molecule has 0 amide bonds. The zero-order valence-electron chi connectivity index (χ0n) is 9.98. The van der Waals surface area contributed by atoms with Gasteiger partial charge in [-0.25, -0.2) is 0 Å². The summed E-state index contributed by atoms with van der Waals surface area (Å²) in [6.45, 7) is 13.6. The molecule has 0 fully saturated rings.